The van der Waals surface area contributed by atoms with Gasteiger partial charge in [-0.2, -0.15) is 0 Å². The average Bonchev–Trinajstić information content (AvgIpc) is 3.10. The van der Waals surface area contributed by atoms with Crippen molar-refractivity contribution in [2.45, 2.75) is 11.3 Å². The number of hydrogen-bond acceptors (Lipinski definition) is 6. The van der Waals surface area contributed by atoms with Gasteiger partial charge < -0.3 is 15.4 Å². The topological polar surface area (TPSA) is 87.7 Å². The molecule has 3 aromatic rings. The minimum absolute atomic E-state index is 0.101. The van der Waals surface area contributed by atoms with Crippen LogP contribution < -0.4 is 10.6 Å². The van der Waals surface area contributed by atoms with Crippen molar-refractivity contribution >= 4 is 52.5 Å². The molecular formula is C27H23ClFN3O4S. The Morgan fingerprint density at radius 3 is 2.49 bits per heavy atom. The Bertz CT molecular complexity index is 1360. The predicted octanol–water partition coefficient (Wildman–Crippen LogP) is 5.55. The fourth-order valence-corrected chi connectivity index (χ4v) is 4.83. The van der Waals surface area contributed by atoms with E-state index in [9.17, 15) is 18.8 Å². The Balaban J connectivity index is 1.59. The van der Waals surface area contributed by atoms with Crippen molar-refractivity contribution in [1.82, 2.24) is 4.90 Å². The van der Waals surface area contributed by atoms with Gasteiger partial charge in [-0.1, -0.05) is 41.6 Å². The maximum Gasteiger partial charge on any atom is 0.278 e. The monoisotopic (exact) mass is 539 g/mol. The SMILES string of the molecule is COCCCN1C(=O)C(Nc2ccc(F)cc2)=C(Sc2cccc(NC(=O)c3ccccc3Cl)c2)C1=O. The second-order valence-electron chi connectivity index (χ2n) is 8.01. The van der Waals surface area contributed by atoms with Crippen molar-refractivity contribution in [3.63, 3.8) is 0 Å². The molecule has 1 aliphatic heterocycles. The van der Waals surface area contributed by atoms with Gasteiger partial charge in [-0.3, -0.25) is 19.3 Å². The maximum absolute atomic E-state index is 13.4. The van der Waals surface area contributed by atoms with Crippen LogP contribution in [0.15, 0.2) is 88.3 Å². The first kappa shape index (κ1) is 26.4. The van der Waals surface area contributed by atoms with Crippen LogP contribution in [0, 0.1) is 5.82 Å². The van der Waals surface area contributed by atoms with E-state index >= 15 is 0 Å². The Morgan fingerprint density at radius 2 is 1.76 bits per heavy atom. The van der Waals surface area contributed by atoms with Crippen molar-refractivity contribution in [2.75, 3.05) is 30.9 Å². The second kappa shape index (κ2) is 12.1. The van der Waals surface area contributed by atoms with Gasteiger partial charge in [0, 0.05) is 36.5 Å². The van der Waals surface area contributed by atoms with Crippen LogP contribution in [0.5, 0.6) is 0 Å². The van der Waals surface area contributed by atoms with Crippen LogP contribution in [0.2, 0.25) is 5.02 Å². The van der Waals surface area contributed by atoms with E-state index in [1.165, 1.54) is 24.3 Å². The molecule has 0 bridgehead atoms. The normalized spacial score (nSPS) is 13.3. The quantitative estimate of drug-likeness (QED) is 0.259. The minimum Gasteiger partial charge on any atom is -0.385 e. The molecule has 0 aliphatic carbocycles. The standard InChI is InChI=1S/C27H23ClFN3O4S/c1-36-15-5-14-32-26(34)23(30-18-12-10-17(29)11-13-18)24(27(32)35)37-20-7-4-6-19(16-20)31-25(33)21-8-2-3-9-22(21)28/h2-4,6-13,16,30H,5,14-15H2,1H3,(H,31,33). The first-order valence-electron chi connectivity index (χ1n) is 11.3. The van der Waals surface area contributed by atoms with Gasteiger partial charge in [0.15, 0.2) is 0 Å². The summed E-state index contributed by atoms with van der Waals surface area (Å²) in [5, 5.41) is 6.11. The van der Waals surface area contributed by atoms with Crippen LogP contribution in [0.3, 0.4) is 0 Å². The number of halogens is 2. The summed E-state index contributed by atoms with van der Waals surface area (Å²) < 4.78 is 18.4. The Labute approximate surface area is 222 Å². The smallest absolute Gasteiger partial charge is 0.278 e. The number of carbonyl (C=O) groups is 3. The molecule has 3 aromatic carbocycles. The second-order valence-corrected chi connectivity index (χ2v) is 9.50. The fourth-order valence-electron chi connectivity index (χ4n) is 3.61. The van der Waals surface area contributed by atoms with Gasteiger partial charge in [0.05, 0.1) is 10.6 Å². The number of hydrogen-bond donors (Lipinski definition) is 2. The molecule has 10 heteroatoms. The summed E-state index contributed by atoms with van der Waals surface area (Å²) in [5.41, 5.74) is 1.40. The van der Waals surface area contributed by atoms with Crippen LogP contribution in [-0.2, 0) is 14.3 Å². The first-order chi connectivity index (χ1) is 17.9. The Kier molecular flexibility index (Phi) is 8.60. The van der Waals surface area contributed by atoms with Gasteiger partial charge in [-0.05, 0) is 61.0 Å². The van der Waals surface area contributed by atoms with Gasteiger partial charge in [0.1, 0.15) is 16.4 Å². The summed E-state index contributed by atoms with van der Waals surface area (Å²) in [5.74, 6) is -1.71. The Hall–Kier alpha value is -3.66. The van der Waals surface area contributed by atoms with E-state index in [0.717, 1.165) is 16.7 Å². The summed E-state index contributed by atoms with van der Waals surface area (Å²) in [7, 11) is 1.55. The summed E-state index contributed by atoms with van der Waals surface area (Å²) in [4.78, 5) is 41.1. The number of rotatable bonds is 10. The van der Waals surface area contributed by atoms with Crippen molar-refractivity contribution in [3.8, 4) is 0 Å². The van der Waals surface area contributed by atoms with Crippen molar-refractivity contribution < 1.29 is 23.5 Å². The van der Waals surface area contributed by atoms with Crippen molar-refractivity contribution in [2.24, 2.45) is 0 Å². The van der Waals surface area contributed by atoms with E-state index in [4.69, 9.17) is 16.3 Å². The number of anilines is 2. The molecule has 0 saturated heterocycles. The van der Waals surface area contributed by atoms with Crippen molar-refractivity contribution in [3.05, 3.63) is 99.8 Å². The number of nitrogens with zero attached hydrogens (tertiary/aromatic N) is 1. The van der Waals surface area contributed by atoms with Crippen LogP contribution in [-0.4, -0.2) is 42.9 Å². The summed E-state index contributed by atoms with van der Waals surface area (Å²) in [6.45, 7) is 0.589. The largest absolute Gasteiger partial charge is 0.385 e. The van der Waals surface area contributed by atoms with E-state index < -0.39 is 17.6 Å². The third-order valence-corrected chi connectivity index (χ3v) is 6.80. The zero-order valence-corrected chi connectivity index (χ0v) is 21.4. The molecule has 190 valence electrons. The van der Waals surface area contributed by atoms with Gasteiger partial charge in [0.25, 0.3) is 17.7 Å². The van der Waals surface area contributed by atoms with Gasteiger partial charge >= 0.3 is 0 Å². The van der Waals surface area contributed by atoms with Crippen LogP contribution in [0.1, 0.15) is 16.8 Å². The van der Waals surface area contributed by atoms with Crippen molar-refractivity contribution in [1.29, 1.82) is 0 Å². The van der Waals surface area contributed by atoms with E-state index in [-0.39, 0.29) is 23.1 Å². The van der Waals surface area contributed by atoms with Gasteiger partial charge in [0.2, 0.25) is 0 Å². The first-order valence-corrected chi connectivity index (χ1v) is 12.5. The number of benzene rings is 3. The highest BCUT2D eigenvalue weighted by Crippen LogP contribution is 2.37. The molecule has 0 radical (unpaired) electrons. The highest BCUT2D eigenvalue weighted by molar-refractivity contribution is 8.04. The molecule has 0 aromatic heterocycles. The number of nitrogens with one attached hydrogen (secondary N) is 2. The molecule has 4 rings (SSSR count). The molecule has 0 fully saturated rings. The zero-order valence-electron chi connectivity index (χ0n) is 19.8. The molecule has 7 nitrogen and oxygen atoms in total. The lowest BCUT2D eigenvalue weighted by atomic mass is 10.2. The molecule has 1 heterocycles. The molecule has 2 N–H and O–H groups in total. The van der Waals surface area contributed by atoms with E-state index in [1.54, 1.807) is 55.6 Å². The van der Waals surface area contributed by atoms with E-state index in [0.29, 0.717) is 39.9 Å². The molecule has 0 spiro atoms. The van der Waals surface area contributed by atoms with Crippen LogP contribution in [0.25, 0.3) is 0 Å². The maximum atomic E-state index is 13.4. The Morgan fingerprint density at radius 1 is 1.00 bits per heavy atom. The van der Waals surface area contributed by atoms with E-state index in [2.05, 4.69) is 10.6 Å². The molecule has 3 amide bonds. The van der Waals surface area contributed by atoms with Gasteiger partial charge in [-0.15, -0.1) is 0 Å². The number of methoxy groups -OCH3 is 1. The minimum atomic E-state index is -0.476. The molecule has 0 unspecified atom stereocenters. The fraction of sp³-hybridized carbons (Fsp3) is 0.148. The molecule has 37 heavy (non-hydrogen) atoms. The predicted molar refractivity (Wildman–Crippen MR) is 142 cm³/mol. The molecule has 0 atom stereocenters. The summed E-state index contributed by atoms with van der Waals surface area (Å²) >= 11 is 7.23. The number of carbonyl (C=O) groups excluding carboxylic acids is 3. The number of amides is 3. The lowest BCUT2D eigenvalue weighted by Gasteiger charge is -2.14. The van der Waals surface area contributed by atoms with Gasteiger partial charge in [-0.25, -0.2) is 4.39 Å². The number of imide groups is 1. The summed E-state index contributed by atoms with van der Waals surface area (Å²) in [6, 6.07) is 19.1. The average molecular weight is 540 g/mol. The van der Waals surface area contributed by atoms with Crippen LogP contribution >= 0.6 is 23.4 Å². The van der Waals surface area contributed by atoms with E-state index in [1.807, 2.05) is 0 Å². The highest BCUT2D eigenvalue weighted by Gasteiger charge is 2.38. The number of ether oxygens (including phenoxy) is 1. The lowest BCUT2D eigenvalue weighted by Crippen LogP contribution is -2.33. The number of thioether (sulfide) groups is 1. The molecule has 0 saturated carbocycles. The third kappa shape index (κ3) is 6.37. The molecular weight excluding hydrogens is 517 g/mol. The molecule has 1 aliphatic rings. The zero-order chi connectivity index (χ0) is 26.4. The summed E-state index contributed by atoms with van der Waals surface area (Å²) in [6.07, 6.45) is 0.485. The third-order valence-electron chi connectivity index (χ3n) is 5.40. The highest BCUT2D eigenvalue weighted by atomic mass is 35.5. The lowest BCUT2D eigenvalue weighted by molar-refractivity contribution is -0.137. The van der Waals surface area contributed by atoms with Crippen LogP contribution in [0.4, 0.5) is 15.8 Å².